The lowest BCUT2D eigenvalue weighted by atomic mass is 9.68. The highest BCUT2D eigenvalue weighted by atomic mass is 35.5. The van der Waals surface area contributed by atoms with E-state index in [-0.39, 0.29) is 36.7 Å². The van der Waals surface area contributed by atoms with E-state index in [9.17, 15) is 8.78 Å². The summed E-state index contributed by atoms with van der Waals surface area (Å²) in [7, 11) is 0. The third-order valence-electron chi connectivity index (χ3n) is 6.95. The van der Waals surface area contributed by atoms with Crippen molar-refractivity contribution >= 4 is 12.4 Å². The smallest absolute Gasteiger partial charge is 0.168 e. The number of nitrogens with one attached hydrogen (secondary N) is 2. The van der Waals surface area contributed by atoms with Gasteiger partial charge in [-0.25, -0.2) is 8.78 Å². The second kappa shape index (κ2) is 8.81. The Bertz CT molecular complexity index is 865. The number of ether oxygens (including phenoxy) is 1. The highest BCUT2D eigenvalue weighted by Crippen LogP contribution is 2.47. The zero-order valence-corrected chi connectivity index (χ0v) is 17.8. The highest BCUT2D eigenvalue weighted by Gasteiger charge is 2.45. The van der Waals surface area contributed by atoms with Crippen LogP contribution in [0.1, 0.15) is 49.1 Å². The number of halogens is 3. The van der Waals surface area contributed by atoms with Gasteiger partial charge in [-0.15, -0.1) is 12.4 Å². The Labute approximate surface area is 183 Å². The quantitative estimate of drug-likeness (QED) is 0.675. The first-order chi connectivity index (χ1) is 14.1. The molecule has 0 amide bonds. The van der Waals surface area contributed by atoms with Crippen LogP contribution in [0.4, 0.5) is 8.78 Å². The van der Waals surface area contributed by atoms with Gasteiger partial charge in [0.15, 0.2) is 11.6 Å². The molecule has 0 bridgehead atoms. The van der Waals surface area contributed by atoms with Crippen LogP contribution >= 0.6 is 12.4 Å². The summed E-state index contributed by atoms with van der Waals surface area (Å²) in [5, 5.41) is 7.15. The van der Waals surface area contributed by atoms with E-state index in [1.807, 2.05) is 30.3 Å². The van der Waals surface area contributed by atoms with E-state index in [2.05, 4.69) is 10.6 Å². The van der Waals surface area contributed by atoms with Crippen LogP contribution in [0.5, 0.6) is 5.75 Å². The molecule has 2 aromatic rings. The number of benzene rings is 2. The average Bonchev–Trinajstić information content (AvgIpc) is 3.46. The second-order valence-corrected chi connectivity index (χ2v) is 9.07. The molecule has 2 atom stereocenters. The molecule has 30 heavy (non-hydrogen) atoms. The van der Waals surface area contributed by atoms with Crippen molar-refractivity contribution in [3.8, 4) is 5.75 Å². The molecule has 0 unspecified atom stereocenters. The van der Waals surface area contributed by atoms with Gasteiger partial charge < -0.3 is 15.4 Å². The molecular formula is C24H29ClF2N2O. The zero-order chi connectivity index (χ0) is 19.8. The average molecular weight is 435 g/mol. The predicted octanol–water partition coefficient (Wildman–Crippen LogP) is 4.94. The van der Waals surface area contributed by atoms with Crippen LogP contribution in [0, 0.1) is 17.0 Å². The Kier molecular flexibility index (Phi) is 6.33. The molecule has 3 nitrogen and oxygen atoms in total. The van der Waals surface area contributed by atoms with Gasteiger partial charge in [0.05, 0.1) is 0 Å². The molecule has 3 fully saturated rings. The summed E-state index contributed by atoms with van der Waals surface area (Å²) in [6, 6.07) is 12.8. The molecule has 6 heteroatoms. The van der Waals surface area contributed by atoms with Crippen molar-refractivity contribution in [3.63, 3.8) is 0 Å². The van der Waals surface area contributed by atoms with Crippen LogP contribution in [0.2, 0.25) is 0 Å². The van der Waals surface area contributed by atoms with Crippen LogP contribution < -0.4 is 15.4 Å². The summed E-state index contributed by atoms with van der Waals surface area (Å²) >= 11 is 0. The van der Waals surface area contributed by atoms with Gasteiger partial charge in [0.25, 0.3) is 0 Å². The van der Waals surface area contributed by atoms with E-state index in [4.69, 9.17) is 4.74 Å². The van der Waals surface area contributed by atoms with E-state index in [0.29, 0.717) is 17.0 Å². The minimum Gasteiger partial charge on any atom is -0.486 e. The fourth-order valence-electron chi connectivity index (χ4n) is 4.99. The van der Waals surface area contributed by atoms with E-state index in [1.54, 1.807) is 0 Å². The molecule has 3 aliphatic rings. The van der Waals surface area contributed by atoms with Gasteiger partial charge in [-0.2, -0.15) is 0 Å². The topological polar surface area (TPSA) is 33.3 Å². The van der Waals surface area contributed by atoms with Crippen molar-refractivity contribution in [1.82, 2.24) is 10.6 Å². The highest BCUT2D eigenvalue weighted by molar-refractivity contribution is 5.85. The predicted molar refractivity (Wildman–Crippen MR) is 116 cm³/mol. The van der Waals surface area contributed by atoms with Gasteiger partial charge in [-0.05, 0) is 49.1 Å². The number of rotatable bonds is 6. The molecule has 1 heterocycles. The summed E-state index contributed by atoms with van der Waals surface area (Å²) in [4.78, 5) is 0. The van der Waals surface area contributed by atoms with Gasteiger partial charge in [0.1, 0.15) is 12.4 Å². The van der Waals surface area contributed by atoms with Gasteiger partial charge in [0, 0.05) is 42.7 Å². The lowest BCUT2D eigenvalue weighted by Gasteiger charge is -2.47. The molecule has 2 saturated carbocycles. The maximum absolute atomic E-state index is 14.5. The molecule has 2 N–H and O–H groups in total. The van der Waals surface area contributed by atoms with Crippen molar-refractivity contribution < 1.29 is 13.5 Å². The third kappa shape index (κ3) is 4.48. The SMILES string of the molecule is Cl.Fc1cc(F)c(OCc2ccccc2)c([C@@H]2C[C@H]2NC2CCC3(CC2)CNC3)c1. The van der Waals surface area contributed by atoms with E-state index in [0.717, 1.165) is 31.1 Å². The lowest BCUT2D eigenvalue weighted by Crippen LogP contribution is -2.56. The Morgan fingerprint density at radius 2 is 1.80 bits per heavy atom. The van der Waals surface area contributed by atoms with Gasteiger partial charge >= 0.3 is 0 Å². The van der Waals surface area contributed by atoms with Crippen molar-refractivity contribution in [1.29, 1.82) is 0 Å². The van der Waals surface area contributed by atoms with Gasteiger partial charge in [-0.3, -0.25) is 0 Å². The standard InChI is InChI=1S/C24H28F2N2O.ClH/c25-17-10-20(23(21(26)11-17)29-13-16-4-2-1-3-5-16)19-12-22(19)28-18-6-8-24(9-7-18)14-27-15-24;/h1-5,10-11,18-19,22,27-28H,6-9,12-15H2;1H/t19-,22+;/m0./s1. The Morgan fingerprint density at radius 1 is 1.07 bits per heavy atom. The monoisotopic (exact) mass is 434 g/mol. The number of hydrogen-bond acceptors (Lipinski definition) is 3. The second-order valence-electron chi connectivity index (χ2n) is 9.07. The third-order valence-corrected chi connectivity index (χ3v) is 6.95. The molecule has 1 saturated heterocycles. The summed E-state index contributed by atoms with van der Waals surface area (Å²) in [6.07, 6.45) is 5.84. The Morgan fingerprint density at radius 3 is 2.47 bits per heavy atom. The molecule has 2 aliphatic carbocycles. The first-order valence-electron chi connectivity index (χ1n) is 10.7. The molecule has 1 aliphatic heterocycles. The minimum atomic E-state index is -0.612. The van der Waals surface area contributed by atoms with Crippen LogP contribution in [0.15, 0.2) is 42.5 Å². The zero-order valence-electron chi connectivity index (χ0n) is 17.0. The fourth-order valence-corrected chi connectivity index (χ4v) is 4.99. The van der Waals surface area contributed by atoms with Crippen molar-refractivity contribution in [2.45, 2.75) is 56.7 Å². The van der Waals surface area contributed by atoms with Gasteiger partial charge in [-0.1, -0.05) is 30.3 Å². The molecule has 162 valence electrons. The molecule has 0 radical (unpaired) electrons. The molecule has 2 aromatic carbocycles. The summed E-state index contributed by atoms with van der Waals surface area (Å²) in [5.41, 5.74) is 2.17. The van der Waals surface area contributed by atoms with Crippen LogP contribution in [-0.2, 0) is 6.61 Å². The normalized spacial score (nSPS) is 24.7. The summed E-state index contributed by atoms with van der Waals surface area (Å²) < 4.78 is 34.3. The molecule has 1 spiro atoms. The Balaban J connectivity index is 0.00000218. The van der Waals surface area contributed by atoms with Crippen molar-refractivity contribution in [2.75, 3.05) is 13.1 Å². The first-order valence-corrected chi connectivity index (χ1v) is 10.7. The largest absolute Gasteiger partial charge is 0.486 e. The first kappa shape index (κ1) is 21.5. The van der Waals surface area contributed by atoms with Crippen molar-refractivity contribution in [3.05, 3.63) is 65.2 Å². The van der Waals surface area contributed by atoms with E-state index < -0.39 is 11.6 Å². The maximum Gasteiger partial charge on any atom is 0.168 e. The maximum atomic E-state index is 14.5. The van der Waals surface area contributed by atoms with Crippen LogP contribution in [0.25, 0.3) is 0 Å². The minimum absolute atomic E-state index is 0. The van der Waals surface area contributed by atoms with Crippen LogP contribution in [0.3, 0.4) is 0 Å². The fraction of sp³-hybridized carbons (Fsp3) is 0.500. The van der Waals surface area contributed by atoms with Gasteiger partial charge in [0.2, 0.25) is 0 Å². The molecular weight excluding hydrogens is 406 g/mol. The summed E-state index contributed by atoms with van der Waals surface area (Å²) in [6.45, 7) is 2.60. The molecule has 0 aromatic heterocycles. The number of hydrogen-bond donors (Lipinski definition) is 2. The summed E-state index contributed by atoms with van der Waals surface area (Å²) in [5.74, 6) is -0.828. The van der Waals surface area contributed by atoms with E-state index in [1.165, 1.54) is 31.7 Å². The lowest BCUT2D eigenvalue weighted by molar-refractivity contribution is 0.0907. The Hall–Kier alpha value is -1.69. The van der Waals surface area contributed by atoms with E-state index >= 15 is 0 Å². The van der Waals surface area contributed by atoms with Crippen LogP contribution in [-0.4, -0.2) is 25.2 Å². The van der Waals surface area contributed by atoms with Crippen molar-refractivity contribution in [2.24, 2.45) is 5.41 Å². The molecule has 5 rings (SSSR count).